The fourth-order valence-corrected chi connectivity index (χ4v) is 2.17. The Hall–Kier alpha value is -1.62. The van der Waals surface area contributed by atoms with Crippen LogP contribution in [-0.2, 0) is 0 Å². The number of aliphatic hydroxyl groups excluding tert-OH is 1. The summed E-state index contributed by atoms with van der Waals surface area (Å²) in [5.41, 5.74) is 5.94. The molecule has 1 unspecified atom stereocenters. The largest absolute Gasteiger partial charge is 0.396 e. The lowest BCUT2D eigenvalue weighted by molar-refractivity contribution is 0.208. The third-order valence-electron chi connectivity index (χ3n) is 3.11. The van der Waals surface area contributed by atoms with E-state index in [2.05, 4.69) is 9.88 Å². The molecule has 4 N–H and O–H groups in total. The molecule has 0 aromatic carbocycles. The zero-order valence-electron chi connectivity index (χ0n) is 9.76. The zero-order chi connectivity index (χ0) is 12.3. The Labute approximate surface area is 101 Å². The van der Waals surface area contributed by atoms with Gasteiger partial charge in [-0.05, 0) is 30.9 Å². The summed E-state index contributed by atoms with van der Waals surface area (Å²) in [7, 11) is 0. The van der Waals surface area contributed by atoms with Gasteiger partial charge in [0.25, 0.3) is 0 Å². The maximum absolute atomic E-state index is 9.20. The van der Waals surface area contributed by atoms with Gasteiger partial charge >= 0.3 is 0 Å². The average Bonchev–Trinajstić information content (AvgIpc) is 2.39. The summed E-state index contributed by atoms with van der Waals surface area (Å²) in [4.78, 5) is 6.51. The number of aromatic nitrogens is 1. The van der Waals surface area contributed by atoms with Crippen molar-refractivity contribution in [2.75, 3.05) is 24.6 Å². The molecular weight excluding hydrogens is 216 g/mol. The van der Waals surface area contributed by atoms with E-state index in [0.29, 0.717) is 11.6 Å². The summed E-state index contributed by atoms with van der Waals surface area (Å²) in [5, 5.41) is 16.6. The Kier molecular flexibility index (Phi) is 3.58. The van der Waals surface area contributed by atoms with Crippen molar-refractivity contribution in [2.45, 2.75) is 12.8 Å². The fraction of sp³-hybridized carbons (Fsp3) is 0.500. The first kappa shape index (κ1) is 11.9. The van der Waals surface area contributed by atoms with Gasteiger partial charge in [0, 0.05) is 19.7 Å². The highest BCUT2D eigenvalue weighted by atomic mass is 16.3. The Morgan fingerprint density at radius 2 is 2.41 bits per heavy atom. The molecule has 1 atom stereocenters. The minimum Gasteiger partial charge on any atom is -0.396 e. The van der Waals surface area contributed by atoms with Crippen LogP contribution in [0, 0.1) is 11.3 Å². The maximum Gasteiger partial charge on any atom is 0.141 e. The molecule has 1 aromatic heterocycles. The van der Waals surface area contributed by atoms with Gasteiger partial charge in [-0.25, -0.2) is 4.98 Å². The summed E-state index contributed by atoms with van der Waals surface area (Å²) in [6.45, 7) is 2.00. The van der Waals surface area contributed by atoms with Crippen LogP contribution < -0.4 is 10.6 Å². The van der Waals surface area contributed by atoms with E-state index in [1.54, 1.807) is 6.07 Å². The summed E-state index contributed by atoms with van der Waals surface area (Å²) in [6, 6.07) is 5.52. The number of rotatable bonds is 3. The number of hydrogen-bond donors (Lipinski definition) is 3. The SMILES string of the molecule is N=C(N)c1cccc(N2CCCC(CO)C2)n1. The number of amidine groups is 1. The van der Waals surface area contributed by atoms with Crippen LogP contribution in [0.5, 0.6) is 0 Å². The van der Waals surface area contributed by atoms with E-state index in [4.69, 9.17) is 11.1 Å². The van der Waals surface area contributed by atoms with Crippen molar-refractivity contribution in [1.29, 1.82) is 5.41 Å². The molecule has 0 amide bonds. The van der Waals surface area contributed by atoms with Gasteiger partial charge in [-0.15, -0.1) is 0 Å². The highest BCUT2D eigenvalue weighted by Gasteiger charge is 2.20. The predicted molar refractivity (Wildman–Crippen MR) is 67.3 cm³/mol. The third-order valence-corrected chi connectivity index (χ3v) is 3.11. The van der Waals surface area contributed by atoms with Crippen LogP contribution >= 0.6 is 0 Å². The van der Waals surface area contributed by atoms with Gasteiger partial charge in [0.1, 0.15) is 17.3 Å². The smallest absolute Gasteiger partial charge is 0.141 e. The molecule has 0 saturated carbocycles. The van der Waals surface area contributed by atoms with Crippen LogP contribution in [0.3, 0.4) is 0 Å². The molecule has 0 aliphatic carbocycles. The van der Waals surface area contributed by atoms with E-state index in [-0.39, 0.29) is 12.4 Å². The number of nitrogen functional groups attached to an aromatic ring is 1. The highest BCUT2D eigenvalue weighted by molar-refractivity contribution is 5.93. The van der Waals surface area contributed by atoms with Gasteiger partial charge in [0.2, 0.25) is 0 Å². The topological polar surface area (TPSA) is 86.2 Å². The van der Waals surface area contributed by atoms with Crippen LogP contribution in [0.15, 0.2) is 18.2 Å². The van der Waals surface area contributed by atoms with Crippen molar-refractivity contribution in [3.05, 3.63) is 23.9 Å². The molecule has 2 heterocycles. The van der Waals surface area contributed by atoms with E-state index < -0.39 is 0 Å². The molecule has 1 aliphatic heterocycles. The number of nitrogens with zero attached hydrogens (tertiary/aromatic N) is 2. The number of piperidine rings is 1. The number of anilines is 1. The standard InChI is InChI=1S/C12H18N4O/c13-12(14)10-4-1-5-11(15-10)16-6-2-3-9(7-16)8-17/h1,4-5,9,17H,2-3,6-8H2,(H3,13,14). The van der Waals surface area contributed by atoms with E-state index in [1.165, 1.54) is 0 Å². The zero-order valence-corrected chi connectivity index (χ0v) is 9.76. The quantitative estimate of drug-likeness (QED) is 0.527. The Balaban J connectivity index is 2.16. The fourth-order valence-electron chi connectivity index (χ4n) is 2.17. The second kappa shape index (κ2) is 5.14. The number of pyridine rings is 1. The minimum atomic E-state index is -0.0115. The number of hydrogen-bond acceptors (Lipinski definition) is 4. The lowest BCUT2D eigenvalue weighted by Crippen LogP contribution is -2.37. The summed E-state index contributed by atoms with van der Waals surface area (Å²) in [5.74, 6) is 1.16. The molecule has 0 radical (unpaired) electrons. The molecule has 1 aromatic rings. The Morgan fingerprint density at radius 1 is 1.59 bits per heavy atom. The highest BCUT2D eigenvalue weighted by Crippen LogP contribution is 2.21. The van der Waals surface area contributed by atoms with Crippen LogP contribution in [0.1, 0.15) is 18.5 Å². The maximum atomic E-state index is 9.20. The van der Waals surface area contributed by atoms with Gasteiger partial charge in [-0.1, -0.05) is 6.07 Å². The van der Waals surface area contributed by atoms with Crippen LogP contribution in [-0.4, -0.2) is 35.6 Å². The van der Waals surface area contributed by atoms with E-state index in [1.807, 2.05) is 12.1 Å². The van der Waals surface area contributed by atoms with Crippen molar-refractivity contribution in [3.8, 4) is 0 Å². The number of nitrogens with two attached hydrogens (primary N) is 1. The first-order valence-corrected chi connectivity index (χ1v) is 5.88. The van der Waals surface area contributed by atoms with Crippen molar-refractivity contribution in [2.24, 2.45) is 11.7 Å². The Bertz CT molecular complexity index is 407. The van der Waals surface area contributed by atoms with E-state index in [0.717, 1.165) is 31.7 Å². The first-order valence-electron chi connectivity index (χ1n) is 5.88. The summed E-state index contributed by atoms with van der Waals surface area (Å²) >= 11 is 0. The van der Waals surface area contributed by atoms with Gasteiger partial charge in [-0.3, -0.25) is 5.41 Å². The lowest BCUT2D eigenvalue weighted by atomic mass is 9.99. The lowest BCUT2D eigenvalue weighted by Gasteiger charge is -2.32. The molecular formula is C12H18N4O. The van der Waals surface area contributed by atoms with Gasteiger partial charge in [-0.2, -0.15) is 0 Å². The van der Waals surface area contributed by atoms with Crippen molar-refractivity contribution in [3.63, 3.8) is 0 Å². The molecule has 1 aliphatic rings. The normalized spacial score (nSPS) is 20.3. The van der Waals surface area contributed by atoms with E-state index >= 15 is 0 Å². The molecule has 5 heteroatoms. The molecule has 92 valence electrons. The van der Waals surface area contributed by atoms with Crippen molar-refractivity contribution >= 4 is 11.7 Å². The second-order valence-corrected chi connectivity index (χ2v) is 4.43. The molecule has 0 bridgehead atoms. The summed E-state index contributed by atoms with van der Waals surface area (Å²) < 4.78 is 0. The average molecular weight is 234 g/mol. The van der Waals surface area contributed by atoms with Crippen LogP contribution in [0.25, 0.3) is 0 Å². The molecule has 17 heavy (non-hydrogen) atoms. The van der Waals surface area contributed by atoms with Crippen molar-refractivity contribution in [1.82, 2.24) is 4.98 Å². The van der Waals surface area contributed by atoms with Gasteiger partial charge in [0.05, 0.1) is 0 Å². The molecule has 2 rings (SSSR count). The van der Waals surface area contributed by atoms with Crippen LogP contribution in [0.2, 0.25) is 0 Å². The van der Waals surface area contributed by atoms with Gasteiger partial charge in [0.15, 0.2) is 0 Å². The number of aliphatic hydroxyl groups is 1. The first-order chi connectivity index (χ1) is 8.20. The number of nitrogens with one attached hydrogen (secondary N) is 1. The predicted octanol–water partition coefficient (Wildman–Crippen LogP) is 0.574. The third kappa shape index (κ3) is 2.74. The van der Waals surface area contributed by atoms with Gasteiger partial charge < -0.3 is 15.7 Å². The van der Waals surface area contributed by atoms with E-state index in [9.17, 15) is 5.11 Å². The minimum absolute atomic E-state index is 0.0115. The molecule has 1 fully saturated rings. The second-order valence-electron chi connectivity index (χ2n) is 4.43. The van der Waals surface area contributed by atoms with Crippen molar-refractivity contribution < 1.29 is 5.11 Å². The summed E-state index contributed by atoms with van der Waals surface area (Å²) in [6.07, 6.45) is 2.14. The monoisotopic (exact) mass is 234 g/mol. The molecule has 0 spiro atoms. The molecule has 5 nitrogen and oxygen atoms in total. The molecule has 1 saturated heterocycles. The van der Waals surface area contributed by atoms with Crippen LogP contribution in [0.4, 0.5) is 5.82 Å². The Morgan fingerprint density at radius 3 is 3.12 bits per heavy atom.